The third-order valence-corrected chi connectivity index (χ3v) is 6.27. The summed E-state index contributed by atoms with van der Waals surface area (Å²) in [7, 11) is 1.65. The van der Waals surface area contributed by atoms with Crippen LogP contribution in [-0.2, 0) is 12.8 Å². The predicted molar refractivity (Wildman–Crippen MR) is 131 cm³/mol. The lowest BCUT2D eigenvalue weighted by Gasteiger charge is -2.27. The van der Waals surface area contributed by atoms with Gasteiger partial charge in [0.15, 0.2) is 5.65 Å². The van der Waals surface area contributed by atoms with E-state index in [1.54, 1.807) is 7.11 Å². The molecule has 1 aliphatic rings. The molecular formula is C24H32Cl2N4O. The van der Waals surface area contributed by atoms with Crippen LogP contribution in [0.1, 0.15) is 56.5 Å². The minimum absolute atomic E-state index is 0. The van der Waals surface area contributed by atoms with Crippen molar-refractivity contribution in [1.82, 2.24) is 14.6 Å². The molecule has 168 valence electrons. The Morgan fingerprint density at radius 1 is 1.16 bits per heavy atom. The number of ether oxygens (including phenoxy) is 1. The normalized spacial score (nSPS) is 12.7. The number of nitrogens with zero attached hydrogens (tertiary/aromatic N) is 4. The van der Waals surface area contributed by atoms with Crippen LogP contribution < -0.4 is 9.64 Å². The summed E-state index contributed by atoms with van der Waals surface area (Å²) in [5.74, 6) is 1.99. The van der Waals surface area contributed by atoms with Crippen LogP contribution in [0.4, 0.5) is 5.82 Å². The summed E-state index contributed by atoms with van der Waals surface area (Å²) >= 11 is 6.65. The maximum atomic E-state index is 6.65. The van der Waals surface area contributed by atoms with E-state index in [1.165, 1.54) is 29.9 Å². The zero-order valence-corrected chi connectivity index (χ0v) is 20.4. The number of hydrogen-bond acceptors (Lipinski definition) is 4. The van der Waals surface area contributed by atoms with E-state index in [9.17, 15) is 0 Å². The van der Waals surface area contributed by atoms with Crippen molar-refractivity contribution >= 4 is 35.5 Å². The van der Waals surface area contributed by atoms with Gasteiger partial charge in [-0.3, -0.25) is 0 Å². The molecule has 31 heavy (non-hydrogen) atoms. The number of aromatic nitrogens is 3. The van der Waals surface area contributed by atoms with Gasteiger partial charge in [-0.25, -0.2) is 4.98 Å². The topological polar surface area (TPSA) is 42.7 Å². The quantitative estimate of drug-likeness (QED) is 0.394. The number of unbranched alkanes of at least 4 members (excludes halogenated alkanes) is 1. The molecule has 0 fully saturated rings. The maximum Gasteiger partial charge on any atom is 0.165 e. The van der Waals surface area contributed by atoms with Gasteiger partial charge < -0.3 is 9.64 Å². The maximum absolute atomic E-state index is 6.65. The van der Waals surface area contributed by atoms with Gasteiger partial charge in [-0.2, -0.15) is 9.61 Å². The number of benzene rings is 1. The second-order valence-corrected chi connectivity index (χ2v) is 8.50. The molecule has 0 amide bonds. The highest BCUT2D eigenvalue weighted by Gasteiger charge is 2.27. The van der Waals surface area contributed by atoms with Crippen molar-refractivity contribution in [3.63, 3.8) is 0 Å². The molecule has 2 aromatic heterocycles. The van der Waals surface area contributed by atoms with Gasteiger partial charge in [-0.05, 0) is 57.2 Å². The van der Waals surface area contributed by atoms with Crippen LogP contribution in [0.5, 0.6) is 5.75 Å². The number of methoxy groups -OCH3 is 1. The molecule has 7 heteroatoms. The van der Waals surface area contributed by atoms with Crippen molar-refractivity contribution < 1.29 is 4.74 Å². The van der Waals surface area contributed by atoms with Crippen molar-refractivity contribution in [1.29, 1.82) is 0 Å². The van der Waals surface area contributed by atoms with Crippen LogP contribution in [0, 0.1) is 6.92 Å². The van der Waals surface area contributed by atoms with Crippen LogP contribution in [-0.4, -0.2) is 34.8 Å². The Morgan fingerprint density at radius 3 is 2.65 bits per heavy atom. The van der Waals surface area contributed by atoms with Gasteiger partial charge in [-0.1, -0.05) is 31.9 Å². The first-order chi connectivity index (χ1) is 14.6. The molecule has 1 aliphatic carbocycles. The van der Waals surface area contributed by atoms with Crippen LogP contribution in [0.3, 0.4) is 0 Å². The monoisotopic (exact) mass is 462 g/mol. The Hall–Kier alpha value is -1.98. The number of hydrogen-bond donors (Lipinski definition) is 0. The smallest absolute Gasteiger partial charge is 0.165 e. The fourth-order valence-electron chi connectivity index (χ4n) is 4.52. The highest BCUT2D eigenvalue weighted by Crippen LogP contribution is 2.39. The van der Waals surface area contributed by atoms with E-state index in [-0.39, 0.29) is 12.4 Å². The van der Waals surface area contributed by atoms with Gasteiger partial charge >= 0.3 is 0 Å². The molecule has 0 atom stereocenters. The minimum Gasteiger partial charge on any atom is -0.497 e. The predicted octanol–water partition coefficient (Wildman–Crippen LogP) is 6.29. The summed E-state index contributed by atoms with van der Waals surface area (Å²) < 4.78 is 7.42. The summed E-state index contributed by atoms with van der Waals surface area (Å²) in [6.45, 7) is 8.62. The van der Waals surface area contributed by atoms with E-state index >= 15 is 0 Å². The number of fused-ring (bicyclic) bond motifs is 2. The second kappa shape index (κ2) is 10.1. The third-order valence-electron chi connectivity index (χ3n) is 5.96. The van der Waals surface area contributed by atoms with Gasteiger partial charge in [-0.15, -0.1) is 12.4 Å². The Balaban J connectivity index is 0.00000272. The standard InChI is InChI=1S/C24H31ClN4O.ClH/c1-5-7-14-28(13-6-2)24-19-9-8-10-21(19)26-23-22(16(3)27-29(23)24)18-12-11-17(30-4)15-20(18)25;/h11-12,15H,5-10,13-14H2,1-4H3;1H. The van der Waals surface area contributed by atoms with E-state index in [0.29, 0.717) is 5.02 Å². The van der Waals surface area contributed by atoms with Crippen LogP contribution in [0.2, 0.25) is 5.02 Å². The van der Waals surface area contributed by atoms with Crippen molar-refractivity contribution in [2.45, 2.75) is 59.3 Å². The molecule has 0 unspecified atom stereocenters. The summed E-state index contributed by atoms with van der Waals surface area (Å²) in [5, 5.41) is 5.64. The molecular weight excluding hydrogens is 431 g/mol. The average Bonchev–Trinajstić information content (AvgIpc) is 3.33. The molecule has 0 spiro atoms. The zero-order valence-electron chi connectivity index (χ0n) is 18.9. The van der Waals surface area contributed by atoms with E-state index in [1.807, 2.05) is 18.2 Å². The lowest BCUT2D eigenvalue weighted by Crippen LogP contribution is -2.29. The van der Waals surface area contributed by atoms with Crippen molar-refractivity contribution in [3.8, 4) is 16.9 Å². The van der Waals surface area contributed by atoms with E-state index in [0.717, 1.165) is 67.0 Å². The Bertz CT molecular complexity index is 1060. The van der Waals surface area contributed by atoms with Crippen LogP contribution >= 0.6 is 24.0 Å². The summed E-state index contributed by atoms with van der Waals surface area (Å²) in [4.78, 5) is 7.63. The molecule has 0 N–H and O–H groups in total. The van der Waals surface area contributed by atoms with Crippen LogP contribution in [0.15, 0.2) is 18.2 Å². The Labute approximate surface area is 196 Å². The third kappa shape index (κ3) is 4.35. The number of aryl methyl sites for hydroxylation is 2. The highest BCUT2D eigenvalue weighted by atomic mass is 35.5. The number of rotatable bonds is 8. The first-order valence-electron chi connectivity index (χ1n) is 11.1. The molecule has 4 rings (SSSR count). The summed E-state index contributed by atoms with van der Waals surface area (Å²) in [6.07, 6.45) is 6.75. The molecule has 1 aromatic carbocycles. The summed E-state index contributed by atoms with van der Waals surface area (Å²) in [5.41, 5.74) is 6.43. The van der Waals surface area contributed by atoms with Crippen LogP contribution in [0.25, 0.3) is 16.8 Å². The molecule has 5 nitrogen and oxygen atoms in total. The lowest BCUT2D eigenvalue weighted by atomic mass is 10.1. The molecule has 0 aliphatic heterocycles. The summed E-state index contributed by atoms with van der Waals surface area (Å²) in [6, 6.07) is 5.82. The van der Waals surface area contributed by atoms with Crippen molar-refractivity contribution in [2.75, 3.05) is 25.1 Å². The zero-order chi connectivity index (χ0) is 21.3. The van der Waals surface area contributed by atoms with E-state index in [2.05, 4.69) is 30.2 Å². The molecule has 0 bridgehead atoms. The first-order valence-corrected chi connectivity index (χ1v) is 11.5. The van der Waals surface area contributed by atoms with Gasteiger partial charge in [0.2, 0.25) is 0 Å². The average molecular weight is 463 g/mol. The largest absolute Gasteiger partial charge is 0.497 e. The van der Waals surface area contributed by atoms with Crippen molar-refractivity contribution in [3.05, 3.63) is 40.2 Å². The fraction of sp³-hybridized carbons (Fsp3) is 0.500. The molecule has 0 saturated heterocycles. The second-order valence-electron chi connectivity index (χ2n) is 8.10. The SMILES string of the molecule is CCCCN(CCC)c1c2c(nc3c(-c4ccc(OC)cc4Cl)c(C)nn13)CCC2.Cl. The Morgan fingerprint density at radius 2 is 1.97 bits per heavy atom. The Kier molecular flexibility index (Phi) is 7.71. The molecule has 3 aromatic rings. The van der Waals surface area contributed by atoms with E-state index in [4.69, 9.17) is 26.4 Å². The number of anilines is 1. The van der Waals surface area contributed by atoms with Crippen molar-refractivity contribution in [2.24, 2.45) is 0 Å². The molecule has 0 saturated carbocycles. The van der Waals surface area contributed by atoms with Gasteiger partial charge in [0.05, 0.1) is 23.4 Å². The van der Waals surface area contributed by atoms with Gasteiger partial charge in [0, 0.05) is 29.9 Å². The van der Waals surface area contributed by atoms with Gasteiger partial charge in [0.25, 0.3) is 0 Å². The fourth-order valence-corrected chi connectivity index (χ4v) is 4.79. The van der Waals surface area contributed by atoms with Gasteiger partial charge in [0.1, 0.15) is 11.6 Å². The first kappa shape index (κ1) is 23.7. The van der Waals surface area contributed by atoms with E-state index < -0.39 is 0 Å². The lowest BCUT2D eigenvalue weighted by molar-refractivity contribution is 0.415. The highest BCUT2D eigenvalue weighted by molar-refractivity contribution is 6.33. The molecule has 2 heterocycles. The molecule has 0 radical (unpaired) electrons. The number of halogens is 2. The minimum atomic E-state index is 0.